The molecule has 0 aliphatic carbocycles. The maximum absolute atomic E-state index is 12.0. The van der Waals surface area contributed by atoms with E-state index in [2.05, 4.69) is 20.2 Å². The normalized spacial score (nSPS) is 15.6. The molecule has 2 N–H and O–H groups in total. The standard InChI is InChI=1S/C10H21N5O2S/c1-5-11-6-8(2)18(16,17)14-9(3)10-13-12-7-15(10)4/h7-9,11,14H,5-6H2,1-4H3. The Balaban J connectivity index is 2.68. The van der Waals surface area contributed by atoms with Crippen molar-refractivity contribution in [2.75, 3.05) is 13.1 Å². The monoisotopic (exact) mass is 275 g/mol. The summed E-state index contributed by atoms with van der Waals surface area (Å²) in [5.41, 5.74) is 0. The molecule has 1 rings (SSSR count). The predicted octanol–water partition coefficient (Wildman–Crippen LogP) is -0.206. The van der Waals surface area contributed by atoms with Crippen molar-refractivity contribution in [2.45, 2.75) is 32.1 Å². The third-order valence-electron chi connectivity index (χ3n) is 2.69. The molecule has 0 saturated carbocycles. The van der Waals surface area contributed by atoms with E-state index in [1.165, 1.54) is 0 Å². The molecule has 1 aromatic rings. The number of hydrogen-bond acceptors (Lipinski definition) is 5. The predicted molar refractivity (Wildman–Crippen MR) is 69.5 cm³/mol. The first-order chi connectivity index (χ1) is 8.38. The molecule has 8 heteroatoms. The molecule has 0 amide bonds. The molecule has 0 bridgehead atoms. The molecule has 0 aliphatic rings. The number of hydrogen-bond donors (Lipinski definition) is 2. The van der Waals surface area contributed by atoms with Gasteiger partial charge in [-0.2, -0.15) is 0 Å². The molecule has 2 atom stereocenters. The largest absolute Gasteiger partial charge is 0.319 e. The highest BCUT2D eigenvalue weighted by molar-refractivity contribution is 7.90. The lowest BCUT2D eigenvalue weighted by Gasteiger charge is -2.18. The summed E-state index contributed by atoms with van der Waals surface area (Å²) in [6.45, 7) is 6.54. The highest BCUT2D eigenvalue weighted by Crippen LogP contribution is 2.10. The van der Waals surface area contributed by atoms with Crippen molar-refractivity contribution in [3.8, 4) is 0 Å². The molecule has 0 saturated heterocycles. The van der Waals surface area contributed by atoms with Crippen LogP contribution in [-0.2, 0) is 17.1 Å². The molecule has 7 nitrogen and oxygen atoms in total. The minimum absolute atomic E-state index is 0.397. The van der Waals surface area contributed by atoms with Crippen molar-refractivity contribution in [3.05, 3.63) is 12.2 Å². The van der Waals surface area contributed by atoms with Crippen molar-refractivity contribution >= 4 is 10.0 Å². The fraction of sp³-hybridized carbons (Fsp3) is 0.800. The SMILES string of the molecule is CCNCC(C)S(=O)(=O)NC(C)c1nncn1C. The van der Waals surface area contributed by atoms with E-state index >= 15 is 0 Å². The van der Waals surface area contributed by atoms with Crippen LogP contribution >= 0.6 is 0 Å². The van der Waals surface area contributed by atoms with Crippen molar-refractivity contribution < 1.29 is 8.42 Å². The Kier molecular flexibility index (Phi) is 5.24. The van der Waals surface area contributed by atoms with Crippen LogP contribution in [0, 0.1) is 0 Å². The number of sulfonamides is 1. The maximum atomic E-state index is 12.0. The Morgan fingerprint density at radius 3 is 2.61 bits per heavy atom. The van der Waals surface area contributed by atoms with Crippen molar-refractivity contribution in [2.24, 2.45) is 7.05 Å². The zero-order chi connectivity index (χ0) is 13.8. The van der Waals surface area contributed by atoms with Crippen LogP contribution in [0.4, 0.5) is 0 Å². The second-order valence-electron chi connectivity index (χ2n) is 4.30. The van der Waals surface area contributed by atoms with Crippen LogP contribution in [0.1, 0.15) is 32.6 Å². The second-order valence-corrected chi connectivity index (χ2v) is 6.43. The lowest BCUT2D eigenvalue weighted by molar-refractivity contribution is 0.536. The molecular formula is C10H21N5O2S. The topological polar surface area (TPSA) is 88.9 Å². The van der Waals surface area contributed by atoms with Crippen LogP contribution in [0.2, 0.25) is 0 Å². The fourth-order valence-corrected chi connectivity index (χ4v) is 2.72. The minimum Gasteiger partial charge on any atom is -0.319 e. The number of rotatable bonds is 7. The summed E-state index contributed by atoms with van der Waals surface area (Å²) in [7, 11) is -1.59. The van der Waals surface area contributed by atoms with Crippen LogP contribution in [0.3, 0.4) is 0 Å². The highest BCUT2D eigenvalue weighted by atomic mass is 32.2. The van der Waals surface area contributed by atoms with Gasteiger partial charge in [-0.15, -0.1) is 10.2 Å². The van der Waals surface area contributed by atoms with Gasteiger partial charge in [0.15, 0.2) is 0 Å². The summed E-state index contributed by atoms with van der Waals surface area (Å²) in [5, 5.41) is 10.2. The van der Waals surface area contributed by atoms with Gasteiger partial charge < -0.3 is 9.88 Å². The summed E-state index contributed by atoms with van der Waals surface area (Å²) in [6, 6.07) is -0.397. The first-order valence-corrected chi connectivity index (χ1v) is 7.48. The van der Waals surface area contributed by atoms with Crippen LogP contribution in [0.25, 0.3) is 0 Å². The van der Waals surface area contributed by atoms with E-state index < -0.39 is 21.3 Å². The molecule has 1 aromatic heterocycles. The Labute approximate surface area is 108 Å². The van der Waals surface area contributed by atoms with E-state index in [1.807, 2.05) is 6.92 Å². The van der Waals surface area contributed by atoms with Gasteiger partial charge in [-0.05, 0) is 20.4 Å². The molecule has 0 aromatic carbocycles. The van der Waals surface area contributed by atoms with Crippen LogP contribution in [0.15, 0.2) is 6.33 Å². The average Bonchev–Trinajstić information content (AvgIpc) is 2.71. The second kappa shape index (κ2) is 6.26. The lowest BCUT2D eigenvalue weighted by atomic mass is 10.3. The molecule has 0 aliphatic heterocycles. The molecule has 0 radical (unpaired) electrons. The summed E-state index contributed by atoms with van der Waals surface area (Å²) < 4.78 is 28.4. The summed E-state index contributed by atoms with van der Waals surface area (Å²) in [5.74, 6) is 0.592. The Bertz CT molecular complexity index is 470. The van der Waals surface area contributed by atoms with Gasteiger partial charge in [0.25, 0.3) is 0 Å². The summed E-state index contributed by atoms with van der Waals surface area (Å²) in [6.07, 6.45) is 1.54. The number of nitrogens with zero attached hydrogens (tertiary/aromatic N) is 3. The average molecular weight is 275 g/mol. The van der Waals surface area contributed by atoms with Crippen molar-refractivity contribution in [3.63, 3.8) is 0 Å². The van der Waals surface area contributed by atoms with E-state index in [0.717, 1.165) is 6.54 Å². The fourth-order valence-electron chi connectivity index (χ4n) is 1.56. The number of aromatic nitrogens is 3. The van der Waals surface area contributed by atoms with Gasteiger partial charge in [0.2, 0.25) is 10.0 Å². The van der Waals surface area contributed by atoms with Crippen molar-refractivity contribution in [1.29, 1.82) is 0 Å². The Morgan fingerprint density at radius 2 is 2.11 bits per heavy atom. The van der Waals surface area contributed by atoms with E-state index in [1.54, 1.807) is 31.8 Å². The smallest absolute Gasteiger partial charge is 0.216 e. The first kappa shape index (κ1) is 15.1. The maximum Gasteiger partial charge on any atom is 0.216 e. The molecule has 2 unspecified atom stereocenters. The highest BCUT2D eigenvalue weighted by Gasteiger charge is 2.24. The molecule has 18 heavy (non-hydrogen) atoms. The molecule has 0 spiro atoms. The van der Waals surface area contributed by atoms with E-state index in [-0.39, 0.29) is 0 Å². The number of aryl methyl sites for hydroxylation is 1. The zero-order valence-electron chi connectivity index (χ0n) is 11.2. The van der Waals surface area contributed by atoms with Crippen LogP contribution in [-0.4, -0.2) is 41.5 Å². The van der Waals surface area contributed by atoms with Gasteiger partial charge in [0, 0.05) is 13.6 Å². The van der Waals surface area contributed by atoms with Gasteiger partial charge in [-0.1, -0.05) is 6.92 Å². The summed E-state index contributed by atoms with van der Waals surface area (Å²) in [4.78, 5) is 0. The zero-order valence-corrected chi connectivity index (χ0v) is 12.0. The molecule has 0 fully saturated rings. The molecule has 104 valence electrons. The van der Waals surface area contributed by atoms with Gasteiger partial charge in [0.1, 0.15) is 12.2 Å². The van der Waals surface area contributed by atoms with Gasteiger partial charge >= 0.3 is 0 Å². The Morgan fingerprint density at radius 1 is 1.44 bits per heavy atom. The third kappa shape index (κ3) is 3.76. The number of nitrogens with one attached hydrogen (secondary N) is 2. The van der Waals surface area contributed by atoms with Gasteiger partial charge in [-0.3, -0.25) is 0 Å². The Hall–Kier alpha value is -0.990. The summed E-state index contributed by atoms with van der Waals surface area (Å²) >= 11 is 0. The molecular weight excluding hydrogens is 254 g/mol. The third-order valence-corrected chi connectivity index (χ3v) is 4.59. The van der Waals surface area contributed by atoms with E-state index in [9.17, 15) is 8.42 Å². The quantitative estimate of drug-likeness (QED) is 0.719. The van der Waals surface area contributed by atoms with Crippen molar-refractivity contribution in [1.82, 2.24) is 24.8 Å². The van der Waals surface area contributed by atoms with Gasteiger partial charge in [0.05, 0.1) is 11.3 Å². The first-order valence-electron chi connectivity index (χ1n) is 5.94. The van der Waals surface area contributed by atoms with Crippen LogP contribution < -0.4 is 10.0 Å². The van der Waals surface area contributed by atoms with E-state index in [0.29, 0.717) is 12.4 Å². The van der Waals surface area contributed by atoms with Gasteiger partial charge in [-0.25, -0.2) is 13.1 Å². The molecule has 1 heterocycles. The lowest BCUT2D eigenvalue weighted by Crippen LogP contribution is -2.40. The minimum atomic E-state index is -3.37. The van der Waals surface area contributed by atoms with Crippen LogP contribution in [0.5, 0.6) is 0 Å². The van der Waals surface area contributed by atoms with E-state index in [4.69, 9.17) is 0 Å².